The average Bonchev–Trinajstić information content (AvgIpc) is 2.44. The fourth-order valence-corrected chi connectivity index (χ4v) is 3.19. The summed E-state index contributed by atoms with van der Waals surface area (Å²) in [6, 6.07) is 0. The van der Waals surface area contributed by atoms with E-state index in [-0.39, 0.29) is 6.54 Å². The van der Waals surface area contributed by atoms with Crippen LogP contribution in [0.2, 0.25) is 0 Å². The molecule has 0 amide bonds. The third-order valence-corrected chi connectivity index (χ3v) is 5.06. The molecule has 0 saturated carbocycles. The fraction of sp³-hybridized carbons (Fsp3) is 1.00. The van der Waals surface area contributed by atoms with Crippen molar-refractivity contribution in [3.8, 4) is 0 Å². The summed E-state index contributed by atoms with van der Waals surface area (Å²) in [7, 11) is -3.13. The minimum Gasteiger partial charge on any atom is -0.329 e. The Bertz CT molecular complexity index is 256. The van der Waals surface area contributed by atoms with Gasteiger partial charge in [-0.3, -0.25) is 0 Å². The van der Waals surface area contributed by atoms with Gasteiger partial charge >= 0.3 is 0 Å². The second-order valence-corrected chi connectivity index (χ2v) is 6.26. The standard InChI is InChI=1S/C9H20N2O2S/c1-9(8-10)14(12,13)11-6-4-2-3-5-7-11/h9H,2-8,10H2,1H3. The van der Waals surface area contributed by atoms with E-state index in [2.05, 4.69) is 0 Å². The zero-order valence-corrected chi connectivity index (χ0v) is 9.59. The molecule has 1 fully saturated rings. The van der Waals surface area contributed by atoms with Crippen LogP contribution in [0.4, 0.5) is 0 Å². The first-order valence-corrected chi connectivity index (χ1v) is 6.78. The van der Waals surface area contributed by atoms with E-state index in [1.165, 1.54) is 0 Å². The normalized spacial score (nSPS) is 23.0. The Morgan fingerprint density at radius 2 is 1.71 bits per heavy atom. The first-order valence-electron chi connectivity index (χ1n) is 5.28. The molecule has 2 N–H and O–H groups in total. The molecule has 4 nitrogen and oxygen atoms in total. The van der Waals surface area contributed by atoms with E-state index >= 15 is 0 Å². The molecule has 1 aliphatic rings. The molecule has 0 aromatic rings. The molecule has 1 rings (SSSR count). The maximum Gasteiger partial charge on any atom is 0.217 e. The van der Waals surface area contributed by atoms with Crippen LogP contribution in [0.15, 0.2) is 0 Å². The highest BCUT2D eigenvalue weighted by Crippen LogP contribution is 2.16. The van der Waals surface area contributed by atoms with Crippen molar-refractivity contribution in [1.82, 2.24) is 4.31 Å². The molecular formula is C9H20N2O2S. The van der Waals surface area contributed by atoms with Crippen molar-refractivity contribution in [1.29, 1.82) is 0 Å². The van der Waals surface area contributed by atoms with Crippen LogP contribution >= 0.6 is 0 Å². The molecule has 1 aliphatic heterocycles. The number of rotatable bonds is 3. The maximum absolute atomic E-state index is 11.9. The zero-order valence-electron chi connectivity index (χ0n) is 8.78. The Labute approximate surface area is 86.5 Å². The first-order chi connectivity index (χ1) is 6.59. The summed E-state index contributed by atoms with van der Waals surface area (Å²) in [5.74, 6) is 0. The van der Waals surface area contributed by atoms with Crippen LogP contribution in [0.5, 0.6) is 0 Å². The molecule has 1 saturated heterocycles. The molecule has 0 spiro atoms. The molecule has 84 valence electrons. The number of hydrogen-bond acceptors (Lipinski definition) is 3. The van der Waals surface area contributed by atoms with Crippen molar-refractivity contribution in [2.75, 3.05) is 19.6 Å². The van der Waals surface area contributed by atoms with Crippen molar-refractivity contribution < 1.29 is 8.42 Å². The summed E-state index contributed by atoms with van der Waals surface area (Å²) in [5.41, 5.74) is 5.40. The monoisotopic (exact) mass is 220 g/mol. The first kappa shape index (κ1) is 11.9. The van der Waals surface area contributed by atoms with Crippen LogP contribution in [-0.2, 0) is 10.0 Å². The van der Waals surface area contributed by atoms with Crippen LogP contribution in [0.25, 0.3) is 0 Å². The molecule has 5 heteroatoms. The Kier molecular flexibility index (Phi) is 4.34. The Hall–Kier alpha value is -0.130. The quantitative estimate of drug-likeness (QED) is 0.755. The highest BCUT2D eigenvalue weighted by molar-refractivity contribution is 7.89. The summed E-state index contributed by atoms with van der Waals surface area (Å²) in [4.78, 5) is 0. The van der Waals surface area contributed by atoms with Gasteiger partial charge in [0, 0.05) is 19.6 Å². The molecule has 14 heavy (non-hydrogen) atoms. The lowest BCUT2D eigenvalue weighted by Gasteiger charge is -2.23. The minimum atomic E-state index is -3.13. The van der Waals surface area contributed by atoms with E-state index in [1.54, 1.807) is 11.2 Å². The third kappa shape index (κ3) is 2.68. The Morgan fingerprint density at radius 3 is 2.14 bits per heavy atom. The average molecular weight is 220 g/mol. The predicted octanol–water partition coefficient (Wildman–Crippen LogP) is 0.539. The largest absolute Gasteiger partial charge is 0.329 e. The van der Waals surface area contributed by atoms with Gasteiger partial charge in [0.05, 0.1) is 5.25 Å². The highest BCUT2D eigenvalue weighted by Gasteiger charge is 2.27. The molecule has 0 aromatic heterocycles. The summed E-state index contributed by atoms with van der Waals surface area (Å²) in [6.45, 7) is 3.23. The molecular weight excluding hydrogens is 200 g/mol. The SMILES string of the molecule is CC(CN)S(=O)(=O)N1CCCCCC1. The number of sulfonamides is 1. The fourth-order valence-electron chi connectivity index (χ4n) is 1.67. The maximum atomic E-state index is 11.9. The second-order valence-electron chi connectivity index (χ2n) is 3.90. The van der Waals surface area contributed by atoms with Gasteiger partial charge in [-0.2, -0.15) is 0 Å². The lowest BCUT2D eigenvalue weighted by Crippen LogP contribution is -2.41. The summed E-state index contributed by atoms with van der Waals surface area (Å²) in [6.07, 6.45) is 4.25. The van der Waals surface area contributed by atoms with Crippen molar-refractivity contribution in [2.45, 2.75) is 37.9 Å². The van der Waals surface area contributed by atoms with Gasteiger partial charge in [0.25, 0.3) is 0 Å². The lowest BCUT2D eigenvalue weighted by atomic mass is 10.2. The van der Waals surface area contributed by atoms with Crippen molar-refractivity contribution >= 4 is 10.0 Å². The van der Waals surface area contributed by atoms with Crippen molar-refractivity contribution in [3.05, 3.63) is 0 Å². The summed E-state index contributed by atoms with van der Waals surface area (Å²) < 4.78 is 25.4. The predicted molar refractivity (Wildman–Crippen MR) is 57.5 cm³/mol. The summed E-state index contributed by atoms with van der Waals surface area (Å²) >= 11 is 0. The van der Waals surface area contributed by atoms with Gasteiger partial charge in [0.1, 0.15) is 0 Å². The van der Waals surface area contributed by atoms with Gasteiger partial charge in [-0.25, -0.2) is 12.7 Å². The van der Waals surface area contributed by atoms with Crippen LogP contribution in [0, 0.1) is 0 Å². The van der Waals surface area contributed by atoms with Gasteiger partial charge in [0.2, 0.25) is 10.0 Å². The van der Waals surface area contributed by atoms with E-state index in [0.29, 0.717) is 13.1 Å². The molecule has 1 heterocycles. The van der Waals surface area contributed by atoms with E-state index in [0.717, 1.165) is 25.7 Å². The van der Waals surface area contributed by atoms with Gasteiger partial charge in [0.15, 0.2) is 0 Å². The van der Waals surface area contributed by atoms with Crippen LogP contribution in [0.1, 0.15) is 32.6 Å². The van der Waals surface area contributed by atoms with Crippen molar-refractivity contribution in [2.24, 2.45) is 5.73 Å². The number of nitrogens with zero attached hydrogens (tertiary/aromatic N) is 1. The second kappa shape index (κ2) is 5.09. The zero-order chi connectivity index (χ0) is 10.6. The molecule has 0 bridgehead atoms. The molecule has 0 radical (unpaired) electrons. The molecule has 1 unspecified atom stereocenters. The highest BCUT2D eigenvalue weighted by atomic mass is 32.2. The van der Waals surface area contributed by atoms with E-state index in [9.17, 15) is 8.42 Å². The smallest absolute Gasteiger partial charge is 0.217 e. The van der Waals surface area contributed by atoms with Gasteiger partial charge in [-0.15, -0.1) is 0 Å². The van der Waals surface area contributed by atoms with Gasteiger partial charge in [-0.05, 0) is 19.8 Å². The van der Waals surface area contributed by atoms with Crippen LogP contribution in [0.3, 0.4) is 0 Å². The minimum absolute atomic E-state index is 0.207. The summed E-state index contributed by atoms with van der Waals surface area (Å²) in [5, 5.41) is -0.444. The lowest BCUT2D eigenvalue weighted by molar-refractivity contribution is 0.417. The molecule has 0 aromatic carbocycles. The van der Waals surface area contributed by atoms with Gasteiger partial charge < -0.3 is 5.73 Å². The van der Waals surface area contributed by atoms with Crippen molar-refractivity contribution in [3.63, 3.8) is 0 Å². The third-order valence-electron chi connectivity index (χ3n) is 2.77. The van der Waals surface area contributed by atoms with E-state index < -0.39 is 15.3 Å². The topological polar surface area (TPSA) is 63.4 Å². The Morgan fingerprint density at radius 1 is 1.21 bits per heavy atom. The number of nitrogens with two attached hydrogens (primary N) is 1. The van der Waals surface area contributed by atoms with Crippen LogP contribution in [-0.4, -0.2) is 37.6 Å². The molecule has 1 atom stereocenters. The van der Waals surface area contributed by atoms with Crippen LogP contribution < -0.4 is 5.73 Å². The Balaban J connectivity index is 2.69. The van der Waals surface area contributed by atoms with E-state index in [1.807, 2.05) is 0 Å². The van der Waals surface area contributed by atoms with E-state index in [4.69, 9.17) is 5.73 Å². The molecule has 0 aliphatic carbocycles. The number of hydrogen-bond donors (Lipinski definition) is 1. The van der Waals surface area contributed by atoms with Gasteiger partial charge in [-0.1, -0.05) is 12.8 Å².